The van der Waals surface area contributed by atoms with Crippen molar-refractivity contribution >= 4 is 49.4 Å². The number of rotatable bonds is 2. The van der Waals surface area contributed by atoms with Crippen molar-refractivity contribution in [3.05, 3.63) is 40.7 Å². The second-order valence-electron chi connectivity index (χ2n) is 6.95. The van der Waals surface area contributed by atoms with Crippen molar-refractivity contribution in [1.29, 1.82) is 0 Å². The van der Waals surface area contributed by atoms with Gasteiger partial charge >= 0.3 is 0 Å². The maximum absolute atomic E-state index is 4.89. The molecule has 0 amide bonds. The van der Waals surface area contributed by atoms with Gasteiger partial charge < -0.3 is 15.1 Å². The summed E-state index contributed by atoms with van der Waals surface area (Å²) < 4.78 is 1.20. The van der Waals surface area contributed by atoms with Crippen LogP contribution in [0, 0.1) is 0 Å². The van der Waals surface area contributed by atoms with E-state index in [0.29, 0.717) is 6.04 Å². The average Bonchev–Trinajstić information content (AvgIpc) is 3.32. The second kappa shape index (κ2) is 6.64. The summed E-state index contributed by atoms with van der Waals surface area (Å²) in [4.78, 5) is 14.2. The average molecular weight is 384 g/mol. The molecular weight excluding hydrogens is 362 g/mol. The smallest absolute Gasteiger partial charge is 0.137 e. The predicted molar refractivity (Wildman–Crippen MR) is 112 cm³/mol. The zero-order valence-electron chi connectivity index (χ0n) is 14.7. The lowest BCUT2D eigenvalue weighted by molar-refractivity contribution is 0.250. The summed E-state index contributed by atoms with van der Waals surface area (Å²) in [6, 6.07) is 9.10. The summed E-state index contributed by atoms with van der Waals surface area (Å²) in [5.74, 6) is 0.981. The van der Waals surface area contributed by atoms with Gasteiger partial charge in [0, 0.05) is 11.7 Å². The SMILES string of the molecule is CN1CCC(N2CN=C(Nc3ccc4ncsc4c3)c3ccsc32)CC1. The molecule has 0 bridgehead atoms. The van der Waals surface area contributed by atoms with E-state index in [1.165, 1.54) is 41.2 Å². The molecule has 1 aromatic carbocycles. The highest BCUT2D eigenvalue weighted by molar-refractivity contribution is 7.16. The Morgan fingerprint density at radius 1 is 1.15 bits per heavy atom. The minimum Gasteiger partial charge on any atom is -0.340 e. The van der Waals surface area contributed by atoms with E-state index in [1.54, 1.807) is 11.3 Å². The van der Waals surface area contributed by atoms with Crippen LogP contribution in [0.2, 0.25) is 0 Å². The summed E-state index contributed by atoms with van der Waals surface area (Å²) in [5.41, 5.74) is 5.24. The molecule has 0 atom stereocenters. The number of hydrogen-bond donors (Lipinski definition) is 1. The predicted octanol–water partition coefficient (Wildman–Crippen LogP) is 4.09. The third kappa shape index (κ3) is 2.90. The van der Waals surface area contributed by atoms with Crippen LogP contribution in [0.25, 0.3) is 10.2 Å². The van der Waals surface area contributed by atoms with Crippen LogP contribution in [0.5, 0.6) is 0 Å². The summed E-state index contributed by atoms with van der Waals surface area (Å²) >= 11 is 3.50. The van der Waals surface area contributed by atoms with E-state index in [0.717, 1.165) is 23.7 Å². The fraction of sp³-hybridized carbons (Fsp3) is 0.368. The quantitative estimate of drug-likeness (QED) is 0.724. The molecule has 4 heterocycles. The van der Waals surface area contributed by atoms with Gasteiger partial charge in [-0.1, -0.05) is 0 Å². The lowest BCUT2D eigenvalue weighted by atomic mass is 10.0. The van der Waals surface area contributed by atoms with Crippen LogP contribution in [0.3, 0.4) is 0 Å². The standard InChI is InChI=1S/C19H21N5S2/c1-23-7-4-14(5-8-23)24-11-20-18(15-6-9-25-19(15)24)22-13-2-3-16-17(10-13)26-12-21-16/h2-3,6,9-10,12,14H,4-5,7-8,11H2,1H3,(H,20,22). The molecule has 5 nitrogen and oxygen atoms in total. The molecule has 1 saturated heterocycles. The number of aromatic nitrogens is 1. The first-order chi connectivity index (χ1) is 12.8. The molecule has 5 rings (SSSR count). The van der Waals surface area contributed by atoms with E-state index in [9.17, 15) is 0 Å². The Morgan fingerprint density at radius 2 is 2.04 bits per heavy atom. The molecule has 1 fully saturated rings. The van der Waals surface area contributed by atoms with Crippen molar-refractivity contribution in [3.63, 3.8) is 0 Å². The molecular formula is C19H21N5S2. The van der Waals surface area contributed by atoms with E-state index >= 15 is 0 Å². The molecule has 2 aromatic heterocycles. The van der Waals surface area contributed by atoms with Crippen molar-refractivity contribution in [2.45, 2.75) is 18.9 Å². The van der Waals surface area contributed by atoms with Gasteiger partial charge in [-0.25, -0.2) is 9.98 Å². The first kappa shape index (κ1) is 16.2. The van der Waals surface area contributed by atoms with Crippen LogP contribution in [0.15, 0.2) is 40.1 Å². The minimum absolute atomic E-state index is 0.599. The highest BCUT2D eigenvalue weighted by atomic mass is 32.1. The Kier molecular flexibility index (Phi) is 4.15. The van der Waals surface area contributed by atoms with Gasteiger partial charge in [0.05, 0.1) is 21.3 Å². The fourth-order valence-corrected chi connectivity index (χ4v) is 5.45. The number of nitrogens with one attached hydrogen (secondary N) is 1. The summed E-state index contributed by atoms with van der Waals surface area (Å²) in [6.07, 6.45) is 2.43. The van der Waals surface area contributed by atoms with Gasteiger partial charge in [0.1, 0.15) is 17.5 Å². The van der Waals surface area contributed by atoms with Crippen LogP contribution in [0.4, 0.5) is 10.7 Å². The number of anilines is 2. The zero-order chi connectivity index (χ0) is 17.5. The summed E-state index contributed by atoms with van der Waals surface area (Å²) in [5, 5.41) is 7.08. The summed E-state index contributed by atoms with van der Waals surface area (Å²) in [7, 11) is 2.21. The largest absolute Gasteiger partial charge is 0.340 e. The topological polar surface area (TPSA) is 43.8 Å². The molecule has 0 saturated carbocycles. The zero-order valence-corrected chi connectivity index (χ0v) is 16.3. The molecule has 3 aromatic rings. The minimum atomic E-state index is 0.599. The Morgan fingerprint density at radius 3 is 2.92 bits per heavy atom. The van der Waals surface area contributed by atoms with Crippen molar-refractivity contribution in [2.75, 3.05) is 37.0 Å². The Bertz CT molecular complexity index is 952. The Hall–Kier alpha value is -1.96. The van der Waals surface area contributed by atoms with Crippen molar-refractivity contribution < 1.29 is 0 Å². The molecule has 2 aliphatic heterocycles. The number of thiophene rings is 1. The van der Waals surface area contributed by atoms with Crippen molar-refractivity contribution in [3.8, 4) is 0 Å². The number of thiazole rings is 1. The molecule has 2 aliphatic rings. The van der Waals surface area contributed by atoms with Crippen molar-refractivity contribution in [2.24, 2.45) is 4.99 Å². The molecule has 7 heteroatoms. The van der Waals surface area contributed by atoms with Gasteiger partial charge in [0.25, 0.3) is 0 Å². The Balaban J connectivity index is 1.39. The van der Waals surface area contributed by atoms with E-state index in [1.807, 2.05) is 16.8 Å². The molecule has 0 spiro atoms. The van der Waals surface area contributed by atoms with Gasteiger partial charge in [-0.3, -0.25) is 0 Å². The first-order valence-electron chi connectivity index (χ1n) is 8.96. The lowest BCUT2D eigenvalue weighted by Crippen LogP contribution is -2.45. The molecule has 0 unspecified atom stereocenters. The first-order valence-corrected chi connectivity index (χ1v) is 10.7. The van der Waals surface area contributed by atoms with Gasteiger partial charge in [-0.15, -0.1) is 22.7 Å². The third-order valence-electron chi connectivity index (χ3n) is 5.26. The lowest BCUT2D eigenvalue weighted by Gasteiger charge is -2.39. The normalized spacial score (nSPS) is 18.8. The van der Waals surface area contributed by atoms with Crippen LogP contribution in [0.1, 0.15) is 18.4 Å². The highest BCUT2D eigenvalue weighted by Crippen LogP contribution is 2.35. The van der Waals surface area contributed by atoms with Gasteiger partial charge in [0.2, 0.25) is 0 Å². The summed E-state index contributed by atoms with van der Waals surface area (Å²) in [6.45, 7) is 3.09. The molecule has 0 aliphatic carbocycles. The van der Waals surface area contributed by atoms with E-state index < -0.39 is 0 Å². The second-order valence-corrected chi connectivity index (χ2v) is 8.73. The number of hydrogen-bond acceptors (Lipinski definition) is 7. The van der Waals surface area contributed by atoms with E-state index in [-0.39, 0.29) is 0 Å². The number of amidine groups is 1. The van der Waals surface area contributed by atoms with Gasteiger partial charge in [-0.05, 0) is 62.6 Å². The highest BCUT2D eigenvalue weighted by Gasteiger charge is 2.29. The molecule has 0 radical (unpaired) electrons. The number of aliphatic imine (C=N–C) groups is 1. The van der Waals surface area contributed by atoms with Crippen molar-refractivity contribution in [1.82, 2.24) is 9.88 Å². The number of benzene rings is 1. The number of likely N-dealkylation sites (tertiary alicyclic amines) is 1. The van der Waals surface area contributed by atoms with Crippen LogP contribution >= 0.6 is 22.7 Å². The van der Waals surface area contributed by atoms with Crippen LogP contribution < -0.4 is 10.2 Å². The number of nitrogens with zero attached hydrogens (tertiary/aromatic N) is 4. The number of piperidine rings is 1. The van der Waals surface area contributed by atoms with E-state index in [4.69, 9.17) is 4.99 Å². The van der Waals surface area contributed by atoms with Gasteiger partial charge in [0.15, 0.2) is 0 Å². The van der Waals surface area contributed by atoms with Crippen LogP contribution in [-0.4, -0.2) is 48.6 Å². The third-order valence-corrected chi connectivity index (χ3v) is 7.01. The monoisotopic (exact) mass is 383 g/mol. The maximum Gasteiger partial charge on any atom is 0.137 e. The number of fused-ring (bicyclic) bond motifs is 2. The van der Waals surface area contributed by atoms with Crippen LogP contribution in [-0.2, 0) is 0 Å². The maximum atomic E-state index is 4.89. The fourth-order valence-electron chi connectivity index (χ4n) is 3.76. The molecule has 134 valence electrons. The Labute approximate surface area is 161 Å². The molecule has 26 heavy (non-hydrogen) atoms. The van der Waals surface area contributed by atoms with E-state index in [2.05, 4.69) is 56.8 Å². The molecule has 1 N–H and O–H groups in total. The van der Waals surface area contributed by atoms with Gasteiger partial charge in [-0.2, -0.15) is 0 Å².